The summed E-state index contributed by atoms with van der Waals surface area (Å²) in [6.07, 6.45) is 0. The van der Waals surface area contributed by atoms with E-state index < -0.39 is 0 Å². The Hall–Kier alpha value is -3.41. The number of nitrogens with one attached hydrogen (secondary N) is 1. The highest BCUT2D eigenvalue weighted by Crippen LogP contribution is 2.27. The monoisotopic (exact) mass is 391 g/mol. The Balaban J connectivity index is 1.63. The number of benzene rings is 2. The summed E-state index contributed by atoms with van der Waals surface area (Å²) in [5, 5.41) is 7.06. The first kappa shape index (κ1) is 20.3. The molecule has 150 valence electrons. The summed E-state index contributed by atoms with van der Waals surface area (Å²) in [6, 6.07) is 16.5. The largest absolute Gasteiger partial charge is 0.483 e. The molecule has 0 unspecified atom stereocenters. The summed E-state index contributed by atoms with van der Waals surface area (Å²) in [7, 11) is 1.61. The van der Waals surface area contributed by atoms with Crippen molar-refractivity contribution < 1.29 is 9.53 Å². The van der Waals surface area contributed by atoms with Gasteiger partial charge in [0.05, 0.1) is 5.69 Å². The number of aryl methyl sites for hydroxylation is 2. The smallest absolute Gasteiger partial charge is 0.266 e. The number of hydrogen-bond acceptors (Lipinski definition) is 4. The van der Waals surface area contributed by atoms with E-state index in [0.717, 1.165) is 22.4 Å². The lowest BCUT2D eigenvalue weighted by molar-refractivity contribution is -0.118. The quantitative estimate of drug-likeness (QED) is 0.692. The van der Waals surface area contributed by atoms with Gasteiger partial charge in [-0.15, -0.1) is 0 Å². The van der Waals surface area contributed by atoms with Crippen molar-refractivity contribution >= 4 is 11.6 Å². The maximum absolute atomic E-state index is 12.3. The molecule has 0 aliphatic rings. The van der Waals surface area contributed by atoms with Crippen LogP contribution in [0.4, 0.5) is 5.69 Å². The minimum absolute atomic E-state index is 0.0622. The average Bonchev–Trinajstić information content (AvgIpc) is 2.69. The lowest BCUT2D eigenvalue weighted by Crippen LogP contribution is -2.20. The number of amides is 1. The molecule has 0 aliphatic carbocycles. The van der Waals surface area contributed by atoms with Crippen LogP contribution in [-0.4, -0.2) is 22.3 Å². The molecule has 0 saturated carbocycles. The maximum Gasteiger partial charge on any atom is 0.266 e. The van der Waals surface area contributed by atoms with Crippen LogP contribution in [0.1, 0.15) is 30.9 Å². The van der Waals surface area contributed by atoms with Gasteiger partial charge in [-0.2, -0.15) is 5.10 Å². The number of carbonyl (C=O) groups excluding carboxylic acids is 1. The Morgan fingerprint density at radius 2 is 1.83 bits per heavy atom. The molecule has 29 heavy (non-hydrogen) atoms. The zero-order valence-corrected chi connectivity index (χ0v) is 17.1. The van der Waals surface area contributed by atoms with Crippen LogP contribution in [0.15, 0.2) is 59.4 Å². The van der Waals surface area contributed by atoms with Gasteiger partial charge in [0.15, 0.2) is 6.61 Å². The number of rotatable bonds is 6. The predicted molar refractivity (Wildman–Crippen MR) is 114 cm³/mol. The molecule has 0 saturated heterocycles. The van der Waals surface area contributed by atoms with Gasteiger partial charge in [0.1, 0.15) is 5.75 Å². The molecule has 6 heteroatoms. The van der Waals surface area contributed by atoms with Gasteiger partial charge >= 0.3 is 0 Å². The van der Waals surface area contributed by atoms with Crippen LogP contribution in [0.3, 0.4) is 0 Å². The van der Waals surface area contributed by atoms with Gasteiger partial charge in [-0.3, -0.25) is 9.59 Å². The summed E-state index contributed by atoms with van der Waals surface area (Å²) >= 11 is 0. The second-order valence-corrected chi connectivity index (χ2v) is 7.29. The van der Waals surface area contributed by atoms with E-state index in [1.165, 1.54) is 10.7 Å². The second kappa shape index (κ2) is 8.73. The molecule has 2 aromatic carbocycles. The highest BCUT2D eigenvalue weighted by Gasteiger charge is 2.11. The van der Waals surface area contributed by atoms with E-state index in [0.29, 0.717) is 17.3 Å². The minimum atomic E-state index is -0.228. The van der Waals surface area contributed by atoms with Crippen LogP contribution >= 0.6 is 0 Å². The van der Waals surface area contributed by atoms with Gasteiger partial charge in [-0.1, -0.05) is 38.1 Å². The zero-order chi connectivity index (χ0) is 21.0. The number of ether oxygens (including phenoxy) is 1. The predicted octanol–water partition coefficient (Wildman–Crippen LogP) is 3.90. The standard InChI is InChI=1S/C23H25N3O3/c1-15(2)19-10-5-16(3)13-21(19)29-14-22(27)24-18-8-6-17(7-9-18)20-11-12-23(28)26(4)25-20/h5-13,15H,14H2,1-4H3,(H,24,27). The summed E-state index contributed by atoms with van der Waals surface area (Å²) in [5.41, 5.74) is 4.22. The van der Waals surface area contributed by atoms with Gasteiger partial charge in [0.2, 0.25) is 0 Å². The van der Waals surface area contributed by atoms with E-state index in [4.69, 9.17) is 4.74 Å². The Morgan fingerprint density at radius 1 is 1.10 bits per heavy atom. The normalized spacial score (nSPS) is 10.8. The van der Waals surface area contributed by atoms with Crippen molar-refractivity contribution in [3.63, 3.8) is 0 Å². The summed E-state index contributed by atoms with van der Waals surface area (Å²) in [5.74, 6) is 0.827. The van der Waals surface area contributed by atoms with Crippen LogP contribution in [-0.2, 0) is 11.8 Å². The van der Waals surface area contributed by atoms with Gasteiger partial charge < -0.3 is 10.1 Å². The topological polar surface area (TPSA) is 73.2 Å². The molecule has 0 fully saturated rings. The van der Waals surface area contributed by atoms with Crippen molar-refractivity contribution in [2.24, 2.45) is 7.05 Å². The number of carbonyl (C=O) groups is 1. The highest BCUT2D eigenvalue weighted by molar-refractivity contribution is 5.92. The van der Waals surface area contributed by atoms with E-state index in [1.807, 2.05) is 37.3 Å². The van der Waals surface area contributed by atoms with E-state index in [2.05, 4.69) is 24.3 Å². The summed E-state index contributed by atoms with van der Waals surface area (Å²) in [4.78, 5) is 23.8. The maximum atomic E-state index is 12.3. The van der Waals surface area contributed by atoms with Crippen molar-refractivity contribution in [2.45, 2.75) is 26.7 Å². The minimum Gasteiger partial charge on any atom is -0.483 e. The van der Waals surface area contributed by atoms with Crippen LogP contribution in [0, 0.1) is 6.92 Å². The molecular weight excluding hydrogens is 366 g/mol. The number of aromatic nitrogens is 2. The van der Waals surface area contributed by atoms with Gasteiger partial charge in [-0.25, -0.2) is 4.68 Å². The molecular formula is C23H25N3O3. The molecule has 0 radical (unpaired) electrons. The fraction of sp³-hybridized carbons (Fsp3) is 0.261. The molecule has 3 aromatic rings. The summed E-state index contributed by atoms with van der Waals surface area (Å²) in [6.45, 7) is 6.13. The van der Waals surface area contributed by atoms with Crippen molar-refractivity contribution in [2.75, 3.05) is 11.9 Å². The third kappa shape index (κ3) is 5.10. The number of nitrogens with zero attached hydrogens (tertiary/aromatic N) is 2. The third-order valence-corrected chi connectivity index (χ3v) is 4.57. The molecule has 1 aromatic heterocycles. The lowest BCUT2D eigenvalue weighted by atomic mass is 10.0. The number of anilines is 1. The molecule has 6 nitrogen and oxygen atoms in total. The average molecular weight is 391 g/mol. The van der Waals surface area contributed by atoms with Crippen molar-refractivity contribution in [3.8, 4) is 17.0 Å². The molecule has 1 N–H and O–H groups in total. The molecule has 1 amide bonds. The van der Waals surface area contributed by atoms with E-state index in [-0.39, 0.29) is 18.1 Å². The van der Waals surface area contributed by atoms with Crippen molar-refractivity contribution in [1.82, 2.24) is 9.78 Å². The molecule has 3 rings (SSSR count). The SMILES string of the molecule is Cc1ccc(C(C)C)c(OCC(=O)Nc2ccc(-c3ccc(=O)n(C)n3)cc2)c1. The van der Waals surface area contributed by atoms with Crippen molar-refractivity contribution in [3.05, 3.63) is 76.1 Å². The molecule has 0 bridgehead atoms. The van der Waals surface area contributed by atoms with Gasteiger partial charge in [0.25, 0.3) is 11.5 Å². The van der Waals surface area contributed by atoms with Crippen LogP contribution < -0.4 is 15.6 Å². The number of hydrogen-bond donors (Lipinski definition) is 1. The van der Waals surface area contributed by atoms with E-state index in [9.17, 15) is 9.59 Å². The van der Waals surface area contributed by atoms with Crippen molar-refractivity contribution in [1.29, 1.82) is 0 Å². The fourth-order valence-electron chi connectivity index (χ4n) is 2.96. The Labute approximate surface area is 170 Å². The van der Waals surface area contributed by atoms with Crippen LogP contribution in [0.2, 0.25) is 0 Å². The molecule has 0 spiro atoms. The first-order valence-electron chi connectivity index (χ1n) is 9.51. The molecule has 0 aliphatic heterocycles. The third-order valence-electron chi connectivity index (χ3n) is 4.57. The van der Waals surface area contributed by atoms with Crippen LogP contribution in [0.25, 0.3) is 11.3 Å². The van der Waals surface area contributed by atoms with E-state index in [1.54, 1.807) is 25.2 Å². The zero-order valence-electron chi connectivity index (χ0n) is 17.1. The van der Waals surface area contributed by atoms with Gasteiger partial charge in [0, 0.05) is 24.4 Å². The first-order valence-corrected chi connectivity index (χ1v) is 9.51. The summed E-state index contributed by atoms with van der Waals surface area (Å²) < 4.78 is 7.07. The highest BCUT2D eigenvalue weighted by atomic mass is 16.5. The molecule has 0 atom stereocenters. The second-order valence-electron chi connectivity index (χ2n) is 7.29. The van der Waals surface area contributed by atoms with Crippen LogP contribution in [0.5, 0.6) is 5.75 Å². The molecule has 1 heterocycles. The lowest BCUT2D eigenvalue weighted by Gasteiger charge is -2.15. The first-order chi connectivity index (χ1) is 13.8. The Morgan fingerprint density at radius 3 is 2.48 bits per heavy atom. The van der Waals surface area contributed by atoms with Gasteiger partial charge in [-0.05, 0) is 48.2 Å². The Bertz CT molecular complexity index is 1070. The fourth-order valence-corrected chi connectivity index (χ4v) is 2.96. The Kier molecular flexibility index (Phi) is 6.12. The van der Waals surface area contributed by atoms with E-state index >= 15 is 0 Å².